The van der Waals surface area contributed by atoms with Crippen molar-refractivity contribution in [3.63, 3.8) is 0 Å². The molecule has 0 saturated heterocycles. The molecule has 0 amide bonds. The Kier molecular flexibility index (Phi) is 7.11. The molecule has 6 aromatic rings. The lowest BCUT2D eigenvalue weighted by molar-refractivity contribution is -0.139. The monoisotopic (exact) mass is 587 g/mol. The van der Waals surface area contributed by atoms with Crippen LogP contribution in [-0.4, -0.2) is 22.7 Å². The van der Waals surface area contributed by atoms with Crippen molar-refractivity contribution in [2.75, 3.05) is 6.61 Å². The number of aliphatic carboxylic acids is 1. The Labute approximate surface area is 251 Å². The van der Waals surface area contributed by atoms with Crippen molar-refractivity contribution in [1.82, 2.24) is 4.98 Å². The van der Waals surface area contributed by atoms with E-state index in [-0.39, 0.29) is 0 Å². The predicted molar refractivity (Wildman–Crippen MR) is 169 cm³/mol. The number of carboxylic acid groups (broad SMARTS) is 1. The Morgan fingerprint density at radius 2 is 1.57 bits per heavy atom. The second-order valence-corrected chi connectivity index (χ2v) is 12.2. The Bertz CT molecular complexity index is 1950. The van der Waals surface area contributed by atoms with Gasteiger partial charge in [0.2, 0.25) is 0 Å². The first-order valence-corrected chi connectivity index (χ1v) is 15.3. The van der Waals surface area contributed by atoms with Crippen molar-refractivity contribution in [2.24, 2.45) is 0 Å². The van der Waals surface area contributed by atoms with Gasteiger partial charge in [-0.15, -0.1) is 11.3 Å². The molecule has 0 saturated carbocycles. The molecule has 1 N–H and O–H groups in total. The maximum absolute atomic E-state index is 11.0. The summed E-state index contributed by atoms with van der Waals surface area (Å²) in [6, 6.07) is 37.8. The highest BCUT2D eigenvalue weighted by Crippen LogP contribution is 2.46. The van der Waals surface area contributed by atoms with Gasteiger partial charge in [0, 0.05) is 11.3 Å². The topological polar surface area (TPSA) is 68.7 Å². The molecule has 1 aliphatic heterocycles. The number of carbonyl (C=O) groups is 1. The van der Waals surface area contributed by atoms with Crippen LogP contribution in [0, 0.1) is 0 Å². The molecule has 0 atom stereocenters. The summed E-state index contributed by atoms with van der Waals surface area (Å²) in [7, 11) is 0. The standard InChI is InChI=1S/C35H25NO4S2/c37-32(38)20-39-30-15-7-14-29-33-31(19-40-34(29)30)42-35(36-33)41-21-25-10-3-4-12-27(25)28-13-6-5-11-26(28)24-17-16-22-8-1-2-9-23(22)18-24/h1-18H,19-21H2,(H,37,38). The summed E-state index contributed by atoms with van der Waals surface area (Å²) in [4.78, 5) is 17.0. The number of rotatable bonds is 8. The molecule has 5 aromatic carbocycles. The molecule has 1 aliphatic rings. The second kappa shape index (κ2) is 11.4. The number of thiazole rings is 1. The van der Waals surface area contributed by atoms with Crippen molar-refractivity contribution in [2.45, 2.75) is 16.7 Å². The summed E-state index contributed by atoms with van der Waals surface area (Å²) in [5.41, 5.74) is 7.77. The van der Waals surface area contributed by atoms with Crippen LogP contribution in [0.2, 0.25) is 0 Å². The smallest absolute Gasteiger partial charge is 0.341 e. The Morgan fingerprint density at radius 3 is 2.43 bits per heavy atom. The quantitative estimate of drug-likeness (QED) is 0.179. The third-order valence-corrected chi connectivity index (χ3v) is 9.48. The van der Waals surface area contributed by atoms with Gasteiger partial charge in [-0.1, -0.05) is 103 Å². The summed E-state index contributed by atoms with van der Waals surface area (Å²) in [5, 5.41) is 11.5. The van der Waals surface area contributed by atoms with Crippen LogP contribution in [0.25, 0.3) is 44.3 Å². The molecular weight excluding hydrogens is 563 g/mol. The summed E-state index contributed by atoms with van der Waals surface area (Å²) in [6.07, 6.45) is 0. The largest absolute Gasteiger partial charge is 0.483 e. The molecule has 206 valence electrons. The first-order chi connectivity index (χ1) is 20.6. The second-order valence-electron chi connectivity index (χ2n) is 9.91. The lowest BCUT2D eigenvalue weighted by atomic mass is 9.91. The van der Waals surface area contributed by atoms with E-state index in [1.807, 2.05) is 12.1 Å². The molecule has 0 spiro atoms. The van der Waals surface area contributed by atoms with Crippen LogP contribution in [0.5, 0.6) is 11.5 Å². The third-order valence-electron chi connectivity index (χ3n) is 7.26. The fourth-order valence-corrected chi connectivity index (χ4v) is 7.44. The number of fused-ring (bicyclic) bond motifs is 4. The molecule has 0 unspecified atom stereocenters. The minimum atomic E-state index is -1.03. The van der Waals surface area contributed by atoms with Gasteiger partial charge < -0.3 is 14.6 Å². The van der Waals surface area contributed by atoms with Crippen molar-refractivity contribution in [1.29, 1.82) is 0 Å². The number of nitrogens with zero attached hydrogens (tertiary/aromatic N) is 1. The first-order valence-electron chi connectivity index (χ1n) is 13.5. The van der Waals surface area contributed by atoms with Crippen molar-refractivity contribution < 1.29 is 19.4 Å². The van der Waals surface area contributed by atoms with Crippen molar-refractivity contribution in [3.05, 3.63) is 120 Å². The van der Waals surface area contributed by atoms with E-state index in [0.29, 0.717) is 18.1 Å². The van der Waals surface area contributed by atoms with Gasteiger partial charge in [0.1, 0.15) is 6.61 Å². The fourth-order valence-electron chi connectivity index (χ4n) is 5.32. The molecule has 0 aliphatic carbocycles. The van der Waals surface area contributed by atoms with E-state index >= 15 is 0 Å². The van der Waals surface area contributed by atoms with Crippen LogP contribution in [0.4, 0.5) is 0 Å². The van der Waals surface area contributed by atoms with Gasteiger partial charge in [-0.25, -0.2) is 9.78 Å². The number of carboxylic acids is 1. The maximum Gasteiger partial charge on any atom is 0.341 e. The zero-order chi connectivity index (χ0) is 28.5. The van der Waals surface area contributed by atoms with Gasteiger partial charge in [-0.2, -0.15) is 0 Å². The van der Waals surface area contributed by atoms with Crippen LogP contribution < -0.4 is 9.47 Å². The summed E-state index contributed by atoms with van der Waals surface area (Å²) in [5.74, 6) is 0.700. The minimum Gasteiger partial charge on any atom is -0.483 e. The molecule has 0 fully saturated rings. The van der Waals surface area contributed by atoms with Gasteiger partial charge in [0.25, 0.3) is 0 Å². The van der Waals surface area contributed by atoms with E-state index in [9.17, 15) is 4.79 Å². The molecular formula is C35H25NO4S2. The SMILES string of the molecule is O=C(O)COc1cccc2c1OCc1sc(SCc3ccccc3-c3ccccc3-c3ccc4ccccc4c3)nc1-2. The number of ether oxygens (including phenoxy) is 2. The van der Waals surface area contributed by atoms with Gasteiger partial charge in [-0.05, 0) is 56.8 Å². The lowest BCUT2D eigenvalue weighted by Gasteiger charge is -2.19. The average molecular weight is 588 g/mol. The van der Waals surface area contributed by atoms with E-state index in [2.05, 4.69) is 91.0 Å². The molecule has 5 nitrogen and oxygen atoms in total. The summed E-state index contributed by atoms with van der Waals surface area (Å²) < 4.78 is 12.4. The van der Waals surface area contributed by atoms with Crippen LogP contribution in [0.3, 0.4) is 0 Å². The lowest BCUT2D eigenvalue weighted by Crippen LogP contribution is -2.11. The van der Waals surface area contributed by atoms with Gasteiger partial charge >= 0.3 is 5.97 Å². The minimum absolute atomic E-state index is 0.379. The van der Waals surface area contributed by atoms with E-state index in [1.54, 1.807) is 29.2 Å². The molecule has 7 heteroatoms. The maximum atomic E-state index is 11.0. The number of hydrogen-bond acceptors (Lipinski definition) is 6. The van der Waals surface area contributed by atoms with Gasteiger partial charge in [-0.3, -0.25) is 0 Å². The fraction of sp³-hybridized carbons (Fsp3) is 0.0857. The predicted octanol–water partition coefficient (Wildman–Crippen LogP) is 8.95. The molecule has 42 heavy (non-hydrogen) atoms. The molecule has 1 aromatic heterocycles. The highest BCUT2D eigenvalue weighted by atomic mass is 32.2. The van der Waals surface area contributed by atoms with Gasteiger partial charge in [0.05, 0.1) is 10.6 Å². The van der Waals surface area contributed by atoms with E-state index in [4.69, 9.17) is 19.6 Å². The zero-order valence-corrected chi connectivity index (χ0v) is 24.1. The normalized spacial score (nSPS) is 11.9. The Balaban J connectivity index is 1.17. The number of aromatic nitrogens is 1. The number of hydrogen-bond donors (Lipinski definition) is 1. The van der Waals surface area contributed by atoms with Crippen LogP contribution in [-0.2, 0) is 17.2 Å². The van der Waals surface area contributed by atoms with E-state index < -0.39 is 12.6 Å². The molecule has 0 bridgehead atoms. The third kappa shape index (κ3) is 5.13. The summed E-state index contributed by atoms with van der Waals surface area (Å²) in [6.45, 7) is -0.0437. The highest BCUT2D eigenvalue weighted by Gasteiger charge is 2.25. The number of para-hydroxylation sites is 1. The zero-order valence-electron chi connectivity index (χ0n) is 22.4. The number of benzene rings is 5. The van der Waals surface area contributed by atoms with Crippen LogP contribution >= 0.6 is 23.1 Å². The average Bonchev–Trinajstić information content (AvgIpc) is 3.46. The van der Waals surface area contributed by atoms with Crippen molar-refractivity contribution >= 4 is 39.8 Å². The van der Waals surface area contributed by atoms with Crippen molar-refractivity contribution in [3.8, 4) is 45.0 Å². The van der Waals surface area contributed by atoms with Gasteiger partial charge in [0.15, 0.2) is 22.4 Å². The molecule has 0 radical (unpaired) electrons. The summed E-state index contributed by atoms with van der Waals surface area (Å²) >= 11 is 3.35. The molecule has 7 rings (SSSR count). The van der Waals surface area contributed by atoms with Crippen LogP contribution in [0.1, 0.15) is 10.4 Å². The Hall–Kier alpha value is -4.59. The highest BCUT2D eigenvalue weighted by molar-refractivity contribution is 8.00. The Morgan fingerprint density at radius 1 is 0.833 bits per heavy atom. The first kappa shape index (κ1) is 26.3. The number of thioether (sulfide) groups is 1. The van der Waals surface area contributed by atoms with E-state index in [0.717, 1.165) is 26.2 Å². The van der Waals surface area contributed by atoms with Crippen LogP contribution in [0.15, 0.2) is 114 Å². The molecule has 2 heterocycles. The van der Waals surface area contributed by atoms with E-state index in [1.165, 1.54) is 38.6 Å².